The molecule has 2 aromatic rings. The van der Waals surface area contributed by atoms with E-state index in [1.165, 1.54) is 6.92 Å². The molecule has 2 N–H and O–H groups in total. The van der Waals surface area contributed by atoms with Crippen LogP contribution in [-0.4, -0.2) is 21.5 Å². The molecule has 1 aromatic carbocycles. The van der Waals surface area contributed by atoms with E-state index in [0.717, 1.165) is 21.4 Å². The number of hydrogen-bond acceptors (Lipinski definition) is 7. The van der Waals surface area contributed by atoms with Gasteiger partial charge in [-0.05, 0) is 31.5 Å². The number of ketones is 1. The smallest absolute Gasteiger partial charge is 0.287 e. The maximum atomic E-state index is 12.9. The molecule has 0 spiro atoms. The van der Waals surface area contributed by atoms with E-state index >= 15 is 0 Å². The molecular formula is C18H13N3O4S. The molecule has 0 radical (unpaired) electrons. The molecular weight excluding hydrogens is 354 g/mol. The molecule has 8 heteroatoms. The zero-order valence-corrected chi connectivity index (χ0v) is 14.7. The highest BCUT2D eigenvalue weighted by atomic mass is 32.1. The molecule has 0 amide bonds. The predicted octanol–water partition coefficient (Wildman–Crippen LogP) is 2.94. The Morgan fingerprint density at radius 3 is 2.69 bits per heavy atom. The number of rotatable bonds is 2. The summed E-state index contributed by atoms with van der Waals surface area (Å²) in [6.45, 7) is 3.03. The van der Waals surface area contributed by atoms with E-state index in [-0.39, 0.29) is 27.8 Å². The van der Waals surface area contributed by atoms with Gasteiger partial charge in [0, 0.05) is 5.39 Å². The van der Waals surface area contributed by atoms with E-state index in [1.54, 1.807) is 31.2 Å². The van der Waals surface area contributed by atoms with E-state index in [1.807, 2.05) is 6.07 Å². The van der Waals surface area contributed by atoms with Crippen molar-refractivity contribution in [3.63, 3.8) is 0 Å². The lowest BCUT2D eigenvalue weighted by Gasteiger charge is -2.00. The van der Waals surface area contributed by atoms with Gasteiger partial charge in [0.25, 0.3) is 11.5 Å². The molecule has 1 aromatic heterocycles. The molecule has 0 saturated heterocycles. The maximum Gasteiger partial charge on any atom is 0.287 e. The molecule has 0 aliphatic carbocycles. The summed E-state index contributed by atoms with van der Waals surface area (Å²) in [4.78, 5) is 37.6. The van der Waals surface area contributed by atoms with Crippen LogP contribution in [0.2, 0.25) is 0 Å². The van der Waals surface area contributed by atoms with E-state index in [0.29, 0.717) is 16.0 Å². The first-order chi connectivity index (χ1) is 12.4. The molecule has 2 aliphatic rings. The first kappa shape index (κ1) is 16.2. The molecule has 0 saturated carbocycles. The first-order valence-corrected chi connectivity index (χ1v) is 8.56. The molecule has 0 atom stereocenters. The predicted molar refractivity (Wildman–Crippen MR) is 98.1 cm³/mol. The molecule has 7 nitrogen and oxygen atoms in total. The van der Waals surface area contributed by atoms with Gasteiger partial charge in [0.1, 0.15) is 11.1 Å². The van der Waals surface area contributed by atoms with Crippen molar-refractivity contribution in [3.05, 3.63) is 56.7 Å². The minimum atomic E-state index is -0.677. The summed E-state index contributed by atoms with van der Waals surface area (Å²) in [5.74, 6) is -0.794. The Kier molecular flexibility index (Phi) is 3.52. The summed E-state index contributed by atoms with van der Waals surface area (Å²) in [6, 6.07) is 8.81. The molecule has 130 valence electrons. The standard InChI is InChI=1S/C18H13N3O4S/c1-8-13(15(19)26-14(8)9(2)22)18(24)21-17(23)11-7-10-5-3-4-6-12(10)25-16(11)20-21/h3-7H,19H2,1-2H3. The number of Topliss-reactive ketones (excluding diaryl/α,β-unsaturated/α-hetero) is 1. The summed E-state index contributed by atoms with van der Waals surface area (Å²) in [7, 11) is 0. The molecule has 26 heavy (non-hydrogen) atoms. The highest BCUT2D eigenvalue weighted by molar-refractivity contribution is 7.18. The zero-order valence-electron chi connectivity index (χ0n) is 13.9. The van der Waals surface area contributed by atoms with Gasteiger partial charge in [0.2, 0.25) is 5.89 Å². The number of thiophene rings is 1. The fraction of sp³-hybridized carbons (Fsp3) is 0.111. The maximum absolute atomic E-state index is 12.9. The molecule has 0 fully saturated rings. The number of carbonyl (C=O) groups is 2. The lowest BCUT2D eigenvalue weighted by Crippen LogP contribution is -2.26. The Labute approximate surface area is 151 Å². The van der Waals surface area contributed by atoms with Crippen molar-refractivity contribution in [2.45, 2.75) is 13.8 Å². The van der Waals surface area contributed by atoms with Crippen LogP contribution in [0.1, 0.15) is 32.5 Å². The largest absolute Gasteiger partial charge is 0.436 e. The summed E-state index contributed by atoms with van der Waals surface area (Å²) < 4.78 is 6.37. The van der Waals surface area contributed by atoms with Gasteiger partial charge in [-0.2, -0.15) is 4.68 Å². The SMILES string of the molecule is CC(=O)c1sc(N)c(C(=O)n2nc3oc4ccccc4cc-3c2=O)c1C. The average molecular weight is 367 g/mol. The Bertz CT molecular complexity index is 1230. The van der Waals surface area contributed by atoms with Crippen molar-refractivity contribution in [2.24, 2.45) is 0 Å². The molecule has 2 aliphatic heterocycles. The number of nitrogens with zero attached hydrogens (tertiary/aromatic N) is 2. The number of nitrogen functional groups attached to an aromatic ring is 1. The number of carbonyl (C=O) groups excluding carboxylic acids is 2. The van der Waals surface area contributed by atoms with Crippen LogP contribution in [-0.2, 0) is 0 Å². The number of fused-ring (bicyclic) bond motifs is 2. The van der Waals surface area contributed by atoms with Crippen molar-refractivity contribution >= 4 is 39.0 Å². The lowest BCUT2D eigenvalue weighted by atomic mass is 10.1. The number of benzene rings is 1. The summed E-state index contributed by atoms with van der Waals surface area (Å²) in [5.41, 5.74) is 6.67. The minimum absolute atomic E-state index is 0.0697. The monoisotopic (exact) mass is 367 g/mol. The van der Waals surface area contributed by atoms with Crippen LogP contribution in [0.5, 0.6) is 0 Å². The number of hydrogen-bond donors (Lipinski definition) is 1. The highest BCUT2D eigenvalue weighted by Gasteiger charge is 2.28. The second-order valence-electron chi connectivity index (χ2n) is 5.88. The van der Waals surface area contributed by atoms with Crippen molar-refractivity contribution in [1.29, 1.82) is 0 Å². The fourth-order valence-corrected chi connectivity index (χ4v) is 3.89. The Balaban J connectivity index is 1.93. The third kappa shape index (κ3) is 2.26. The first-order valence-electron chi connectivity index (χ1n) is 7.74. The summed E-state index contributed by atoms with van der Waals surface area (Å²) in [6.07, 6.45) is 0. The summed E-state index contributed by atoms with van der Waals surface area (Å²) in [5, 5.41) is 4.94. The van der Waals surface area contributed by atoms with Crippen molar-refractivity contribution in [3.8, 4) is 11.5 Å². The van der Waals surface area contributed by atoms with Gasteiger partial charge >= 0.3 is 0 Å². The highest BCUT2D eigenvalue weighted by Crippen LogP contribution is 2.32. The van der Waals surface area contributed by atoms with E-state index < -0.39 is 11.5 Å². The van der Waals surface area contributed by atoms with Gasteiger partial charge in [-0.3, -0.25) is 14.4 Å². The van der Waals surface area contributed by atoms with Crippen LogP contribution < -0.4 is 11.3 Å². The summed E-state index contributed by atoms with van der Waals surface area (Å²) >= 11 is 1.03. The second-order valence-corrected chi connectivity index (χ2v) is 6.93. The Hall–Kier alpha value is -3.26. The number of nitrogens with two attached hydrogens (primary N) is 1. The van der Waals surface area contributed by atoms with Crippen LogP contribution in [0.4, 0.5) is 5.00 Å². The lowest BCUT2D eigenvalue weighted by molar-refractivity contribution is 0.0942. The van der Waals surface area contributed by atoms with Gasteiger partial charge in [0.15, 0.2) is 5.78 Å². The van der Waals surface area contributed by atoms with Crippen LogP contribution in [0.3, 0.4) is 0 Å². The minimum Gasteiger partial charge on any atom is -0.436 e. The van der Waals surface area contributed by atoms with Crippen LogP contribution in [0.25, 0.3) is 22.4 Å². The zero-order chi connectivity index (χ0) is 18.6. The number of para-hydroxylation sites is 1. The number of anilines is 1. The van der Waals surface area contributed by atoms with Gasteiger partial charge in [-0.15, -0.1) is 16.4 Å². The fourth-order valence-electron chi connectivity index (χ4n) is 2.93. The van der Waals surface area contributed by atoms with Crippen LogP contribution >= 0.6 is 11.3 Å². The third-order valence-corrected chi connectivity index (χ3v) is 5.39. The van der Waals surface area contributed by atoms with Gasteiger partial charge in [0.05, 0.1) is 15.4 Å². The average Bonchev–Trinajstić information content (AvgIpc) is 3.09. The van der Waals surface area contributed by atoms with Crippen LogP contribution in [0.15, 0.2) is 39.5 Å². The van der Waals surface area contributed by atoms with E-state index in [9.17, 15) is 14.4 Å². The quantitative estimate of drug-likeness (QED) is 0.546. The van der Waals surface area contributed by atoms with Crippen molar-refractivity contribution < 1.29 is 14.0 Å². The van der Waals surface area contributed by atoms with Crippen molar-refractivity contribution in [2.75, 3.05) is 5.73 Å². The molecule has 0 unspecified atom stereocenters. The normalized spacial score (nSPS) is 11.3. The van der Waals surface area contributed by atoms with Gasteiger partial charge in [-0.25, -0.2) is 0 Å². The van der Waals surface area contributed by atoms with E-state index in [4.69, 9.17) is 10.2 Å². The van der Waals surface area contributed by atoms with Gasteiger partial charge in [-0.1, -0.05) is 18.2 Å². The molecule has 4 rings (SSSR count). The second kappa shape index (κ2) is 5.63. The third-order valence-electron chi connectivity index (χ3n) is 4.17. The topological polar surface area (TPSA) is 108 Å². The molecule has 0 bridgehead atoms. The van der Waals surface area contributed by atoms with Crippen LogP contribution in [0, 0.1) is 6.92 Å². The van der Waals surface area contributed by atoms with E-state index in [2.05, 4.69) is 5.10 Å². The number of aromatic nitrogens is 2. The van der Waals surface area contributed by atoms with Crippen molar-refractivity contribution in [1.82, 2.24) is 9.78 Å². The van der Waals surface area contributed by atoms with Gasteiger partial charge < -0.3 is 10.2 Å². The Morgan fingerprint density at radius 1 is 1.27 bits per heavy atom. The Morgan fingerprint density at radius 2 is 2.00 bits per heavy atom. The molecule has 3 heterocycles.